The molecule has 5 nitrogen and oxygen atoms in total. The minimum absolute atomic E-state index is 0.118. The van der Waals surface area contributed by atoms with Crippen LogP contribution in [0.25, 0.3) is 0 Å². The molecule has 1 fully saturated rings. The highest BCUT2D eigenvalue weighted by Crippen LogP contribution is 2.31. The molecule has 1 aliphatic rings. The summed E-state index contributed by atoms with van der Waals surface area (Å²) in [5.41, 5.74) is 1.91. The Morgan fingerprint density at radius 3 is 2.65 bits per heavy atom. The van der Waals surface area contributed by atoms with E-state index in [1.807, 2.05) is 13.8 Å². The van der Waals surface area contributed by atoms with Gasteiger partial charge in [0.1, 0.15) is 0 Å². The van der Waals surface area contributed by atoms with E-state index in [9.17, 15) is 13.2 Å². The summed E-state index contributed by atoms with van der Waals surface area (Å²) in [5.74, 6) is -0.528. The van der Waals surface area contributed by atoms with Crippen LogP contribution < -0.4 is 0 Å². The van der Waals surface area contributed by atoms with Crippen molar-refractivity contribution < 1.29 is 17.9 Å². The second-order valence-corrected chi connectivity index (χ2v) is 8.58. The molecule has 1 heterocycles. The summed E-state index contributed by atoms with van der Waals surface area (Å²) in [6.07, 6.45) is 4.57. The van der Waals surface area contributed by atoms with Gasteiger partial charge in [0.25, 0.3) is 0 Å². The molecule has 2 atom stereocenters. The molecule has 0 aliphatic carbocycles. The first-order valence-corrected chi connectivity index (χ1v) is 10.3. The highest BCUT2D eigenvalue weighted by Gasteiger charge is 2.36. The summed E-state index contributed by atoms with van der Waals surface area (Å²) in [7, 11) is -3.63. The number of hydrogen-bond donors (Lipinski definition) is 0. The van der Waals surface area contributed by atoms with Gasteiger partial charge in [-0.25, -0.2) is 13.2 Å². The zero-order chi connectivity index (χ0) is 19.3. The molecular formula is C20H27NO4S. The van der Waals surface area contributed by atoms with Gasteiger partial charge in [-0.15, -0.1) is 0 Å². The molecule has 26 heavy (non-hydrogen) atoms. The van der Waals surface area contributed by atoms with E-state index in [0.717, 1.165) is 17.6 Å². The van der Waals surface area contributed by atoms with E-state index < -0.39 is 16.0 Å². The fraction of sp³-hybridized carbons (Fsp3) is 0.450. The molecular weight excluding hydrogens is 350 g/mol. The summed E-state index contributed by atoms with van der Waals surface area (Å²) in [6, 6.07) is 6.64. The molecule has 0 bridgehead atoms. The van der Waals surface area contributed by atoms with Crippen molar-refractivity contribution in [3.05, 3.63) is 54.1 Å². The molecule has 0 aromatic heterocycles. The number of nitrogens with zero attached hydrogens (tertiary/aromatic N) is 1. The summed E-state index contributed by atoms with van der Waals surface area (Å²) >= 11 is 0. The Balaban J connectivity index is 2.28. The summed E-state index contributed by atoms with van der Waals surface area (Å²) in [5, 5.41) is 0. The van der Waals surface area contributed by atoms with Crippen LogP contribution in [0.15, 0.2) is 53.5 Å². The van der Waals surface area contributed by atoms with E-state index in [0.29, 0.717) is 19.6 Å². The van der Waals surface area contributed by atoms with Crippen LogP contribution in [0.1, 0.15) is 32.3 Å². The van der Waals surface area contributed by atoms with E-state index in [2.05, 4.69) is 6.58 Å². The van der Waals surface area contributed by atoms with Crippen molar-refractivity contribution in [2.24, 2.45) is 5.92 Å². The number of aryl methyl sites for hydroxylation is 1. The van der Waals surface area contributed by atoms with E-state index in [4.69, 9.17) is 4.74 Å². The van der Waals surface area contributed by atoms with Crippen LogP contribution in [0.2, 0.25) is 0 Å². The van der Waals surface area contributed by atoms with E-state index in [1.54, 1.807) is 37.3 Å². The van der Waals surface area contributed by atoms with Gasteiger partial charge in [-0.1, -0.05) is 42.8 Å². The molecule has 0 unspecified atom stereocenters. The number of hydrogen-bond acceptors (Lipinski definition) is 4. The van der Waals surface area contributed by atoms with Gasteiger partial charge in [0, 0.05) is 18.7 Å². The lowest BCUT2D eigenvalue weighted by Gasteiger charge is -2.38. The molecule has 142 valence electrons. The predicted octanol–water partition coefficient (Wildman–Crippen LogP) is 3.46. The molecule has 1 aromatic carbocycles. The van der Waals surface area contributed by atoms with Crippen molar-refractivity contribution in [1.29, 1.82) is 0 Å². The van der Waals surface area contributed by atoms with Crippen molar-refractivity contribution in [3.8, 4) is 0 Å². The standard InChI is InChI=1S/C20H27NO4S/c1-5-25-20(22)13-9-17(4)19-12-8-16(3)14-21(19)26(23,24)18-10-6-15(2)7-11-18/h6-7,9-11,13,17,19H,3,5,8,12,14H2,1-2,4H3/b13-9+/t17-,19+/m1/s1. The van der Waals surface area contributed by atoms with Gasteiger partial charge in [0.05, 0.1) is 11.5 Å². The minimum Gasteiger partial charge on any atom is -0.463 e. The molecule has 0 saturated carbocycles. The SMILES string of the molecule is C=C1CC[C@@H]([C@H](C)/C=C/C(=O)OCC)N(S(=O)(=O)c2ccc(C)cc2)C1. The Bertz CT molecular complexity index is 781. The maximum absolute atomic E-state index is 13.2. The van der Waals surface area contributed by atoms with Crippen molar-refractivity contribution in [2.75, 3.05) is 13.2 Å². The Morgan fingerprint density at radius 1 is 1.38 bits per heavy atom. The fourth-order valence-electron chi connectivity index (χ4n) is 3.10. The quantitative estimate of drug-likeness (QED) is 0.433. The van der Waals surface area contributed by atoms with Crippen molar-refractivity contribution >= 4 is 16.0 Å². The molecule has 2 rings (SSSR count). The second-order valence-electron chi connectivity index (χ2n) is 6.69. The normalized spacial score (nSPS) is 20.3. The van der Waals surface area contributed by atoms with Crippen LogP contribution >= 0.6 is 0 Å². The summed E-state index contributed by atoms with van der Waals surface area (Å²) < 4.78 is 32.8. The van der Waals surface area contributed by atoms with Gasteiger partial charge < -0.3 is 4.74 Å². The van der Waals surface area contributed by atoms with Gasteiger partial charge in [-0.3, -0.25) is 0 Å². The highest BCUT2D eigenvalue weighted by molar-refractivity contribution is 7.89. The van der Waals surface area contributed by atoms with Gasteiger partial charge in [0.15, 0.2) is 0 Å². The largest absolute Gasteiger partial charge is 0.463 e. The number of sulfonamides is 1. The van der Waals surface area contributed by atoms with Crippen LogP contribution in [-0.4, -0.2) is 37.9 Å². The third-order valence-electron chi connectivity index (χ3n) is 4.60. The molecule has 1 aromatic rings. The first-order valence-electron chi connectivity index (χ1n) is 8.85. The summed E-state index contributed by atoms with van der Waals surface area (Å²) in [4.78, 5) is 11.8. The van der Waals surface area contributed by atoms with Crippen LogP contribution in [0.5, 0.6) is 0 Å². The number of carbonyl (C=O) groups excluding carboxylic acids is 1. The van der Waals surface area contributed by atoms with Crippen LogP contribution in [0.3, 0.4) is 0 Å². The van der Waals surface area contributed by atoms with E-state index in [-0.39, 0.29) is 16.9 Å². The smallest absolute Gasteiger partial charge is 0.330 e. The average molecular weight is 378 g/mol. The van der Waals surface area contributed by atoms with Crippen LogP contribution in [0.4, 0.5) is 0 Å². The zero-order valence-electron chi connectivity index (χ0n) is 15.6. The molecule has 1 saturated heterocycles. The van der Waals surface area contributed by atoms with Gasteiger partial charge in [0.2, 0.25) is 10.0 Å². The molecule has 0 radical (unpaired) electrons. The Hall–Kier alpha value is -1.92. The second kappa shape index (κ2) is 8.64. The number of carbonyl (C=O) groups is 1. The van der Waals surface area contributed by atoms with Crippen molar-refractivity contribution in [3.63, 3.8) is 0 Å². The van der Waals surface area contributed by atoms with Gasteiger partial charge >= 0.3 is 5.97 Å². The summed E-state index contributed by atoms with van der Waals surface area (Å²) in [6.45, 7) is 10.2. The molecule has 1 aliphatic heterocycles. The monoisotopic (exact) mass is 377 g/mol. The number of ether oxygens (including phenoxy) is 1. The zero-order valence-corrected chi connectivity index (χ0v) is 16.5. The Labute approximate surface area is 156 Å². The first kappa shape index (κ1) is 20.4. The molecule has 0 N–H and O–H groups in total. The maximum atomic E-state index is 13.2. The number of benzene rings is 1. The Kier molecular flexibility index (Phi) is 6.78. The topological polar surface area (TPSA) is 63.7 Å². The minimum atomic E-state index is -3.63. The van der Waals surface area contributed by atoms with Crippen molar-refractivity contribution in [1.82, 2.24) is 4.31 Å². The Morgan fingerprint density at radius 2 is 2.04 bits per heavy atom. The fourth-order valence-corrected chi connectivity index (χ4v) is 4.85. The lowest BCUT2D eigenvalue weighted by molar-refractivity contribution is -0.137. The van der Waals surface area contributed by atoms with E-state index >= 15 is 0 Å². The molecule has 0 amide bonds. The van der Waals surface area contributed by atoms with E-state index in [1.165, 1.54) is 10.4 Å². The number of piperidine rings is 1. The lowest BCUT2D eigenvalue weighted by atomic mass is 9.91. The average Bonchev–Trinajstić information content (AvgIpc) is 2.60. The molecule has 0 spiro atoms. The van der Waals surface area contributed by atoms with Crippen LogP contribution in [0, 0.1) is 12.8 Å². The number of rotatable bonds is 6. The lowest BCUT2D eigenvalue weighted by Crippen LogP contribution is -2.47. The first-order chi connectivity index (χ1) is 12.3. The van der Waals surface area contributed by atoms with Crippen LogP contribution in [-0.2, 0) is 19.6 Å². The van der Waals surface area contributed by atoms with Gasteiger partial charge in [-0.05, 0) is 44.7 Å². The third kappa shape index (κ3) is 4.83. The third-order valence-corrected chi connectivity index (χ3v) is 6.49. The predicted molar refractivity (Wildman–Crippen MR) is 102 cm³/mol. The molecule has 6 heteroatoms. The van der Waals surface area contributed by atoms with Gasteiger partial charge in [-0.2, -0.15) is 4.31 Å². The maximum Gasteiger partial charge on any atom is 0.330 e. The van der Waals surface area contributed by atoms with Crippen molar-refractivity contribution in [2.45, 2.75) is 44.6 Å². The highest BCUT2D eigenvalue weighted by atomic mass is 32.2. The number of esters is 1.